The lowest BCUT2D eigenvalue weighted by molar-refractivity contribution is 1.46. The fraction of sp³-hybridized carbons (Fsp3) is 0. The Bertz CT molecular complexity index is 1100. The number of nitrogens with zero attached hydrogens (tertiary/aromatic N) is 1. The van der Waals surface area contributed by atoms with Gasteiger partial charge in [-0.05, 0) is 17.0 Å². The van der Waals surface area contributed by atoms with Gasteiger partial charge in [-0.25, -0.2) is 4.99 Å². The van der Waals surface area contributed by atoms with E-state index in [9.17, 15) is 0 Å². The van der Waals surface area contributed by atoms with Gasteiger partial charge in [-0.3, -0.25) is 0 Å². The van der Waals surface area contributed by atoms with Crippen molar-refractivity contribution < 1.29 is 0 Å². The molecule has 0 aromatic heterocycles. The Labute approximate surface area is 146 Å². The summed E-state index contributed by atoms with van der Waals surface area (Å²) in [5.41, 5.74) is 5.59. The molecule has 0 aliphatic carbocycles. The fourth-order valence-corrected chi connectivity index (χ4v) is 3.43. The number of aliphatic imine (C=N–C) groups is 1. The highest BCUT2D eigenvalue weighted by Crippen LogP contribution is 2.43. The lowest BCUT2D eigenvalue weighted by Crippen LogP contribution is -2.16. The Kier molecular flexibility index (Phi) is 3.14. The number of anilines is 1. The van der Waals surface area contributed by atoms with E-state index in [1.54, 1.807) is 0 Å². The van der Waals surface area contributed by atoms with Crippen molar-refractivity contribution in [3.05, 3.63) is 96.6 Å². The first-order valence-corrected chi connectivity index (χ1v) is 8.42. The average molecular weight is 320 g/mol. The summed E-state index contributed by atoms with van der Waals surface area (Å²) in [5.74, 6) is 0.893. The maximum Gasteiger partial charge on any atom is 0.138 e. The summed E-state index contributed by atoms with van der Waals surface area (Å²) in [5, 5.41) is 5.89. The number of benzene rings is 4. The molecule has 4 aromatic rings. The minimum absolute atomic E-state index is 0.893. The molecular weight excluding hydrogens is 304 g/mol. The van der Waals surface area contributed by atoms with Crippen LogP contribution in [-0.2, 0) is 0 Å². The highest BCUT2D eigenvalue weighted by Gasteiger charge is 2.19. The molecule has 0 amide bonds. The maximum absolute atomic E-state index is 5.02. The summed E-state index contributed by atoms with van der Waals surface area (Å²) in [6.45, 7) is 0. The molecule has 1 heterocycles. The molecule has 5 rings (SSSR count). The Morgan fingerprint density at radius 2 is 1.32 bits per heavy atom. The molecule has 118 valence electrons. The summed E-state index contributed by atoms with van der Waals surface area (Å²) in [4.78, 5) is 5.02. The predicted molar refractivity (Wildman–Crippen MR) is 106 cm³/mol. The Hall–Kier alpha value is -3.39. The minimum atomic E-state index is 0.893. The fourth-order valence-electron chi connectivity index (χ4n) is 3.43. The van der Waals surface area contributed by atoms with Gasteiger partial charge in [0.15, 0.2) is 0 Å². The summed E-state index contributed by atoms with van der Waals surface area (Å²) < 4.78 is 0. The Balaban J connectivity index is 1.81. The molecule has 0 saturated carbocycles. The van der Waals surface area contributed by atoms with Crippen molar-refractivity contribution in [2.24, 2.45) is 4.99 Å². The minimum Gasteiger partial charge on any atom is -0.339 e. The number of rotatable bonds is 2. The van der Waals surface area contributed by atoms with Crippen LogP contribution in [0.25, 0.3) is 21.9 Å². The van der Waals surface area contributed by atoms with Gasteiger partial charge >= 0.3 is 0 Å². The van der Waals surface area contributed by atoms with Gasteiger partial charge in [-0.1, -0.05) is 84.9 Å². The summed E-state index contributed by atoms with van der Waals surface area (Å²) in [7, 11) is 0. The predicted octanol–water partition coefficient (Wildman–Crippen LogP) is 6.01. The molecule has 0 bridgehead atoms. The summed E-state index contributed by atoms with van der Waals surface area (Å²) in [6.07, 6.45) is 0. The van der Waals surface area contributed by atoms with E-state index >= 15 is 0 Å². The van der Waals surface area contributed by atoms with E-state index in [0.717, 1.165) is 28.3 Å². The molecule has 1 aliphatic heterocycles. The van der Waals surface area contributed by atoms with E-state index in [1.807, 2.05) is 24.3 Å². The van der Waals surface area contributed by atoms with Crippen LogP contribution in [0.3, 0.4) is 0 Å². The van der Waals surface area contributed by atoms with Crippen LogP contribution in [0.4, 0.5) is 11.4 Å². The first-order chi connectivity index (χ1) is 12.4. The van der Waals surface area contributed by atoms with Gasteiger partial charge in [0.1, 0.15) is 5.84 Å². The average Bonchev–Trinajstić information content (AvgIpc) is 2.70. The molecule has 0 fully saturated rings. The largest absolute Gasteiger partial charge is 0.339 e. The van der Waals surface area contributed by atoms with Gasteiger partial charge in [0.25, 0.3) is 0 Å². The van der Waals surface area contributed by atoms with Gasteiger partial charge in [0.2, 0.25) is 0 Å². The van der Waals surface area contributed by atoms with Crippen LogP contribution in [0.2, 0.25) is 0 Å². The zero-order valence-corrected chi connectivity index (χ0v) is 13.6. The monoisotopic (exact) mass is 320 g/mol. The molecule has 0 radical (unpaired) electrons. The first kappa shape index (κ1) is 14.0. The number of hydrogen-bond donors (Lipinski definition) is 1. The zero-order valence-electron chi connectivity index (χ0n) is 13.6. The number of hydrogen-bond acceptors (Lipinski definition) is 2. The van der Waals surface area contributed by atoms with Crippen molar-refractivity contribution in [2.45, 2.75) is 0 Å². The van der Waals surface area contributed by atoms with Crippen LogP contribution in [0.5, 0.6) is 0 Å². The molecule has 25 heavy (non-hydrogen) atoms. The third kappa shape index (κ3) is 2.31. The van der Waals surface area contributed by atoms with E-state index in [2.05, 4.69) is 72.0 Å². The highest BCUT2D eigenvalue weighted by atomic mass is 15.0. The van der Waals surface area contributed by atoms with Gasteiger partial charge in [-0.2, -0.15) is 0 Å². The van der Waals surface area contributed by atoms with E-state index < -0.39 is 0 Å². The molecule has 0 atom stereocenters. The lowest BCUT2D eigenvalue weighted by atomic mass is 9.96. The molecule has 0 spiro atoms. The topological polar surface area (TPSA) is 24.4 Å². The van der Waals surface area contributed by atoms with Crippen LogP contribution >= 0.6 is 0 Å². The lowest BCUT2D eigenvalue weighted by Gasteiger charge is -2.21. The Morgan fingerprint density at radius 1 is 0.600 bits per heavy atom. The van der Waals surface area contributed by atoms with E-state index in [4.69, 9.17) is 4.99 Å². The van der Waals surface area contributed by atoms with Gasteiger partial charge < -0.3 is 5.32 Å². The summed E-state index contributed by atoms with van der Waals surface area (Å²) >= 11 is 0. The smallest absolute Gasteiger partial charge is 0.138 e. The molecule has 2 nitrogen and oxygen atoms in total. The second-order valence-corrected chi connectivity index (χ2v) is 6.18. The van der Waals surface area contributed by atoms with Crippen molar-refractivity contribution >= 4 is 28.0 Å². The van der Waals surface area contributed by atoms with Gasteiger partial charge in [0, 0.05) is 22.2 Å². The maximum atomic E-state index is 5.02. The van der Waals surface area contributed by atoms with E-state index in [1.165, 1.54) is 16.3 Å². The molecule has 0 saturated heterocycles. The molecule has 1 N–H and O–H groups in total. The zero-order chi connectivity index (χ0) is 16.6. The van der Waals surface area contributed by atoms with Crippen molar-refractivity contribution in [1.82, 2.24) is 0 Å². The van der Waals surface area contributed by atoms with Crippen LogP contribution < -0.4 is 5.32 Å². The quantitative estimate of drug-likeness (QED) is 0.480. The number of nitrogens with one attached hydrogen (secondary N) is 1. The molecule has 4 aromatic carbocycles. The number of amidine groups is 1. The third-order valence-electron chi connectivity index (χ3n) is 4.63. The van der Waals surface area contributed by atoms with E-state index in [0.29, 0.717) is 0 Å². The van der Waals surface area contributed by atoms with Crippen molar-refractivity contribution in [3.8, 4) is 11.1 Å². The van der Waals surface area contributed by atoms with Gasteiger partial charge in [0.05, 0.1) is 5.69 Å². The van der Waals surface area contributed by atoms with Crippen molar-refractivity contribution in [3.63, 3.8) is 0 Å². The van der Waals surface area contributed by atoms with Crippen LogP contribution in [0.1, 0.15) is 5.56 Å². The molecule has 0 unspecified atom stereocenters. The molecule has 2 heteroatoms. The highest BCUT2D eigenvalue weighted by molar-refractivity contribution is 6.21. The van der Waals surface area contributed by atoms with Gasteiger partial charge in [-0.15, -0.1) is 0 Å². The van der Waals surface area contributed by atoms with Crippen LogP contribution in [0, 0.1) is 0 Å². The van der Waals surface area contributed by atoms with Crippen molar-refractivity contribution in [2.75, 3.05) is 5.32 Å². The van der Waals surface area contributed by atoms with Crippen LogP contribution in [-0.4, -0.2) is 5.84 Å². The third-order valence-corrected chi connectivity index (χ3v) is 4.63. The molecule has 1 aliphatic rings. The molecular formula is C23H16N2. The Morgan fingerprint density at radius 3 is 2.08 bits per heavy atom. The second kappa shape index (κ2) is 5.60. The second-order valence-electron chi connectivity index (χ2n) is 6.18. The first-order valence-electron chi connectivity index (χ1n) is 8.42. The SMILES string of the molecule is c1ccc(C2=Nc3c(-c4ccccc4)ccc4cccc(c34)N2)cc1. The summed E-state index contributed by atoms with van der Waals surface area (Å²) in [6, 6.07) is 31.4. The normalized spacial score (nSPS) is 12.6. The van der Waals surface area contributed by atoms with Crippen LogP contribution in [0.15, 0.2) is 96.0 Å². The van der Waals surface area contributed by atoms with Crippen molar-refractivity contribution in [1.29, 1.82) is 0 Å². The standard InChI is InChI=1S/C23H16N2/c1-3-8-16(9-4-1)19-15-14-17-12-7-13-20-21(17)22(19)25-23(24-20)18-10-5-2-6-11-18/h1-15H,(H,24,25). The van der Waals surface area contributed by atoms with E-state index in [-0.39, 0.29) is 0 Å².